The molecule has 6 rings (SSSR count). The van der Waals surface area contributed by atoms with Gasteiger partial charge in [-0.15, -0.1) is 0 Å². The van der Waals surface area contributed by atoms with Crippen molar-refractivity contribution in [1.29, 1.82) is 0 Å². The maximum absolute atomic E-state index is 13.3. The van der Waals surface area contributed by atoms with Crippen LogP contribution in [0.1, 0.15) is 55.8 Å². The predicted octanol–water partition coefficient (Wildman–Crippen LogP) is 3.83. The summed E-state index contributed by atoms with van der Waals surface area (Å²) >= 11 is 0. The number of amides is 1. The van der Waals surface area contributed by atoms with E-state index in [0.717, 1.165) is 0 Å². The first kappa shape index (κ1) is 35.3. The zero-order chi connectivity index (χ0) is 35.9. The first-order chi connectivity index (χ1) is 24.1. The summed E-state index contributed by atoms with van der Waals surface area (Å²) in [6.07, 6.45) is 1.30. The lowest BCUT2D eigenvalue weighted by atomic mass is 9.92. The first-order valence-electron chi connectivity index (χ1n) is 15.9. The number of esters is 1. The van der Waals surface area contributed by atoms with Crippen LogP contribution in [0.2, 0.25) is 0 Å². The second kappa shape index (κ2) is 15.5. The molecule has 258 valence electrons. The van der Waals surface area contributed by atoms with Gasteiger partial charge in [-0.1, -0.05) is 25.7 Å². The summed E-state index contributed by atoms with van der Waals surface area (Å²) in [6, 6.07) is 14.1. The number of methoxy groups -OCH3 is 1. The van der Waals surface area contributed by atoms with Crippen molar-refractivity contribution in [2.24, 2.45) is 0 Å². The maximum atomic E-state index is 13.3. The minimum Gasteiger partial charge on any atom is -0.497 e. The molecule has 3 heterocycles. The van der Waals surface area contributed by atoms with Crippen molar-refractivity contribution in [3.05, 3.63) is 103 Å². The Balaban J connectivity index is 0.00000239. The minimum absolute atomic E-state index is 0.000895. The molecule has 13 nitrogen and oxygen atoms in total. The summed E-state index contributed by atoms with van der Waals surface area (Å²) < 4.78 is 23.8. The van der Waals surface area contributed by atoms with E-state index in [9.17, 15) is 29.1 Å². The van der Waals surface area contributed by atoms with Crippen LogP contribution in [-0.2, 0) is 9.53 Å². The molecule has 1 fully saturated rings. The van der Waals surface area contributed by atoms with Crippen molar-refractivity contribution in [2.75, 3.05) is 20.3 Å². The predicted molar refractivity (Wildman–Crippen MR) is 185 cm³/mol. The molecule has 0 spiro atoms. The zero-order valence-corrected chi connectivity index (χ0v) is 27.8. The Bertz CT molecular complexity index is 2270. The molecule has 1 amide bonds. The number of carbonyl (C=O) groups excluding carboxylic acids is 2. The number of aliphatic hydroxyl groups excluding tert-OH is 1. The number of aliphatic hydroxyl groups is 1. The fourth-order valence-corrected chi connectivity index (χ4v) is 5.56. The summed E-state index contributed by atoms with van der Waals surface area (Å²) in [5, 5.41) is 12.6. The summed E-state index contributed by atoms with van der Waals surface area (Å²) in [5.41, 5.74) is 0.498. The molecule has 0 radical (unpaired) electrons. The van der Waals surface area contributed by atoms with Crippen molar-refractivity contribution in [3.63, 3.8) is 0 Å². The molecule has 2 unspecified atom stereocenters. The standard InChI is InChI=1S/C35H29N3O10.C2H6/c1-19(40)46-28-11-5-20(14-27(28)32-25-9-6-22(41)15-29(25)48-30-16-23(45-2)7-10-26(30)32)33(42)36-13-3-4-21-17-38(35(44)37-34(21)43)31-12-8-24(18-39)47-31;1-2/h5-7,9-11,14-17,24,31,39H,8,12-13,18H2,1-2H3,(H,36,42)(H,37,43,44);1-2H3. The summed E-state index contributed by atoms with van der Waals surface area (Å²) in [6.45, 7) is 4.94. The van der Waals surface area contributed by atoms with Crippen LogP contribution in [0.3, 0.4) is 0 Å². The average Bonchev–Trinajstić information content (AvgIpc) is 3.59. The third-order valence-corrected chi connectivity index (χ3v) is 7.79. The Hall–Kier alpha value is -5.97. The highest BCUT2D eigenvalue weighted by atomic mass is 16.5. The van der Waals surface area contributed by atoms with Gasteiger partial charge in [0.05, 0.1) is 26.4 Å². The highest BCUT2D eigenvalue weighted by Gasteiger charge is 2.27. The van der Waals surface area contributed by atoms with E-state index in [4.69, 9.17) is 18.6 Å². The van der Waals surface area contributed by atoms with Gasteiger partial charge in [0.15, 0.2) is 5.43 Å². The van der Waals surface area contributed by atoms with Gasteiger partial charge in [0.2, 0.25) is 0 Å². The number of hydrogen-bond acceptors (Lipinski definition) is 10. The normalized spacial score (nSPS) is 15.1. The molecule has 1 aliphatic carbocycles. The molecular formula is C37H35N3O10. The van der Waals surface area contributed by atoms with Crippen molar-refractivity contribution >= 4 is 22.8 Å². The number of benzene rings is 3. The van der Waals surface area contributed by atoms with Crippen molar-refractivity contribution in [3.8, 4) is 45.8 Å². The number of hydrogen-bond donors (Lipinski definition) is 3. The van der Waals surface area contributed by atoms with E-state index in [-0.39, 0.29) is 41.2 Å². The lowest BCUT2D eigenvalue weighted by Crippen LogP contribution is -2.33. The number of fused-ring (bicyclic) bond motifs is 2. The summed E-state index contributed by atoms with van der Waals surface area (Å²) in [5.74, 6) is 5.31. The second-order valence-electron chi connectivity index (χ2n) is 11.0. The molecular weight excluding hydrogens is 646 g/mol. The number of nitrogens with zero attached hydrogens (tertiary/aromatic N) is 1. The zero-order valence-electron chi connectivity index (χ0n) is 27.8. The number of aromatic nitrogens is 2. The van der Waals surface area contributed by atoms with E-state index in [2.05, 4.69) is 22.1 Å². The molecule has 1 saturated heterocycles. The van der Waals surface area contributed by atoms with Crippen molar-refractivity contribution < 1.29 is 33.3 Å². The van der Waals surface area contributed by atoms with Crippen LogP contribution in [0.25, 0.3) is 33.4 Å². The monoisotopic (exact) mass is 681 g/mol. The van der Waals surface area contributed by atoms with Gasteiger partial charge in [-0.3, -0.25) is 28.7 Å². The third-order valence-electron chi connectivity index (χ3n) is 7.79. The highest BCUT2D eigenvalue weighted by Crippen LogP contribution is 2.44. The van der Waals surface area contributed by atoms with Gasteiger partial charge >= 0.3 is 11.7 Å². The van der Waals surface area contributed by atoms with Gasteiger partial charge < -0.3 is 29.1 Å². The van der Waals surface area contributed by atoms with Crippen molar-refractivity contribution in [1.82, 2.24) is 14.9 Å². The molecule has 2 aliphatic heterocycles. The molecule has 50 heavy (non-hydrogen) atoms. The molecule has 2 aromatic carbocycles. The van der Waals surface area contributed by atoms with Crippen LogP contribution < -0.4 is 31.5 Å². The topological polar surface area (TPSA) is 179 Å². The molecule has 3 aliphatic rings. The molecule has 0 saturated carbocycles. The second-order valence-corrected chi connectivity index (χ2v) is 11.0. The molecule has 0 bridgehead atoms. The molecule has 2 atom stereocenters. The third kappa shape index (κ3) is 7.52. The average molecular weight is 682 g/mol. The summed E-state index contributed by atoms with van der Waals surface area (Å²) in [7, 11) is 1.51. The van der Waals surface area contributed by atoms with Crippen LogP contribution in [-0.4, -0.2) is 52.9 Å². The van der Waals surface area contributed by atoms with E-state index in [0.29, 0.717) is 46.3 Å². The number of nitrogens with one attached hydrogen (secondary N) is 2. The van der Waals surface area contributed by atoms with Crippen LogP contribution in [0, 0.1) is 11.8 Å². The smallest absolute Gasteiger partial charge is 0.330 e. The van der Waals surface area contributed by atoms with Gasteiger partial charge in [0.1, 0.15) is 34.6 Å². The number of aromatic amines is 1. The van der Waals surface area contributed by atoms with Crippen LogP contribution >= 0.6 is 0 Å². The number of H-pyrrole nitrogens is 1. The maximum Gasteiger partial charge on any atom is 0.330 e. The van der Waals surface area contributed by atoms with Crippen molar-refractivity contribution in [2.45, 2.75) is 45.9 Å². The Labute approximate surface area is 285 Å². The number of rotatable bonds is 7. The van der Waals surface area contributed by atoms with Gasteiger partial charge in [0, 0.05) is 52.9 Å². The van der Waals surface area contributed by atoms with Gasteiger partial charge in [-0.2, -0.15) is 0 Å². The fraction of sp³-hybridized carbons (Fsp3) is 0.270. The number of ether oxygens (including phenoxy) is 3. The first-order valence-corrected chi connectivity index (χ1v) is 15.9. The van der Waals surface area contributed by atoms with Crippen LogP contribution in [0.15, 0.2) is 79.6 Å². The lowest BCUT2D eigenvalue weighted by molar-refractivity contribution is -0.131. The minimum atomic E-state index is -0.687. The van der Waals surface area contributed by atoms with Gasteiger partial charge in [-0.05, 0) is 55.3 Å². The van der Waals surface area contributed by atoms with Crippen LogP contribution in [0.4, 0.5) is 0 Å². The SMILES string of the molecule is CC.COc1ccc2c(-c3cc(C(=O)NCC#Cc4cn(C5CCC(CO)O5)c(=O)[nH]c4=O)ccc3OC(C)=O)c3ccc(=O)cc-3oc2c1. The van der Waals surface area contributed by atoms with E-state index < -0.39 is 35.5 Å². The Kier molecular flexibility index (Phi) is 11.0. The largest absolute Gasteiger partial charge is 0.497 e. The van der Waals surface area contributed by atoms with E-state index >= 15 is 0 Å². The van der Waals surface area contributed by atoms with E-state index in [1.807, 2.05) is 13.8 Å². The van der Waals surface area contributed by atoms with E-state index in [1.165, 1.54) is 49.1 Å². The van der Waals surface area contributed by atoms with Gasteiger partial charge in [-0.25, -0.2) is 4.79 Å². The molecule has 3 N–H and O–H groups in total. The Morgan fingerprint density at radius 2 is 1.84 bits per heavy atom. The molecule has 1 aromatic heterocycles. The van der Waals surface area contributed by atoms with E-state index in [1.54, 1.807) is 30.3 Å². The summed E-state index contributed by atoms with van der Waals surface area (Å²) in [4.78, 5) is 64.6. The Morgan fingerprint density at radius 1 is 1.04 bits per heavy atom. The fourth-order valence-electron chi connectivity index (χ4n) is 5.56. The quantitative estimate of drug-likeness (QED) is 0.0990. The lowest BCUT2D eigenvalue weighted by Gasteiger charge is -2.18. The number of carbonyl (C=O) groups is 2. The molecule has 3 aromatic rings. The highest BCUT2D eigenvalue weighted by molar-refractivity contribution is 6.05. The van der Waals surface area contributed by atoms with Crippen LogP contribution in [0.5, 0.6) is 11.5 Å². The van der Waals surface area contributed by atoms with Gasteiger partial charge in [0.25, 0.3) is 11.5 Å². The Morgan fingerprint density at radius 3 is 2.56 bits per heavy atom. The molecule has 13 heteroatoms.